The van der Waals surface area contributed by atoms with Gasteiger partial charge in [0.1, 0.15) is 5.75 Å². The lowest BCUT2D eigenvalue weighted by Gasteiger charge is -2.14. The molecule has 15 heavy (non-hydrogen) atoms. The Morgan fingerprint density at radius 3 is 2.40 bits per heavy atom. The Morgan fingerprint density at radius 2 is 1.80 bits per heavy atom. The maximum Gasteiger partial charge on any atom is 0.415 e. The molecule has 80 valence electrons. The molecule has 0 spiro atoms. The van der Waals surface area contributed by atoms with Gasteiger partial charge in [-0.05, 0) is 59.7 Å². The van der Waals surface area contributed by atoms with Crippen molar-refractivity contribution in [3.05, 3.63) is 27.8 Å². The third-order valence-corrected chi connectivity index (χ3v) is 3.10. The first-order valence-corrected chi connectivity index (χ1v) is 6.06. The van der Waals surface area contributed by atoms with E-state index in [2.05, 4.69) is 22.6 Å². The highest BCUT2D eigenvalue weighted by Gasteiger charge is 2.19. The topological polar surface area (TPSA) is 29.5 Å². The number of benzene rings is 1. The number of hydrogen-bond acceptors (Lipinski definition) is 2. The first-order valence-electron chi connectivity index (χ1n) is 4.98. The van der Waals surface area contributed by atoms with E-state index in [4.69, 9.17) is 4.74 Å². The van der Waals surface area contributed by atoms with Gasteiger partial charge in [0.05, 0.1) is 0 Å². The van der Waals surface area contributed by atoms with Gasteiger partial charge < -0.3 is 9.64 Å². The van der Waals surface area contributed by atoms with Gasteiger partial charge in [0.25, 0.3) is 0 Å². The van der Waals surface area contributed by atoms with Gasteiger partial charge in [-0.15, -0.1) is 0 Å². The quantitative estimate of drug-likeness (QED) is 0.746. The van der Waals surface area contributed by atoms with E-state index in [9.17, 15) is 4.79 Å². The summed E-state index contributed by atoms with van der Waals surface area (Å²) < 4.78 is 6.37. The molecular formula is C11H12INO2. The van der Waals surface area contributed by atoms with E-state index >= 15 is 0 Å². The molecule has 0 N–H and O–H groups in total. The molecule has 0 atom stereocenters. The predicted molar refractivity (Wildman–Crippen MR) is 66.0 cm³/mol. The smallest absolute Gasteiger partial charge is 0.410 e. The molecule has 0 aliphatic carbocycles. The van der Waals surface area contributed by atoms with Crippen LogP contribution in [0.1, 0.15) is 12.8 Å². The predicted octanol–water partition coefficient (Wildman–Crippen LogP) is 2.89. The number of carbonyl (C=O) groups excluding carboxylic acids is 1. The van der Waals surface area contributed by atoms with E-state index in [0.717, 1.165) is 29.5 Å². The fourth-order valence-corrected chi connectivity index (χ4v) is 1.93. The third kappa shape index (κ3) is 2.84. The van der Waals surface area contributed by atoms with Crippen LogP contribution in [0.3, 0.4) is 0 Å². The zero-order valence-corrected chi connectivity index (χ0v) is 10.4. The summed E-state index contributed by atoms with van der Waals surface area (Å²) in [4.78, 5) is 13.3. The number of likely N-dealkylation sites (tertiary alicyclic amines) is 1. The zero-order valence-electron chi connectivity index (χ0n) is 8.28. The van der Waals surface area contributed by atoms with Crippen molar-refractivity contribution >= 4 is 28.7 Å². The van der Waals surface area contributed by atoms with Crippen LogP contribution < -0.4 is 4.74 Å². The van der Waals surface area contributed by atoms with Crippen LogP contribution in [0.5, 0.6) is 5.75 Å². The molecular weight excluding hydrogens is 305 g/mol. The van der Waals surface area contributed by atoms with Gasteiger partial charge in [-0.3, -0.25) is 0 Å². The van der Waals surface area contributed by atoms with Crippen molar-refractivity contribution in [1.29, 1.82) is 0 Å². The van der Waals surface area contributed by atoms with Crippen LogP contribution in [0.15, 0.2) is 24.3 Å². The average molecular weight is 317 g/mol. The molecule has 1 aromatic rings. The van der Waals surface area contributed by atoms with E-state index in [1.54, 1.807) is 4.90 Å². The zero-order chi connectivity index (χ0) is 10.7. The van der Waals surface area contributed by atoms with Crippen LogP contribution in [-0.4, -0.2) is 24.1 Å². The lowest BCUT2D eigenvalue weighted by molar-refractivity contribution is 0.163. The molecule has 1 fully saturated rings. The molecule has 0 aromatic heterocycles. The van der Waals surface area contributed by atoms with E-state index in [0.29, 0.717) is 5.75 Å². The van der Waals surface area contributed by atoms with Crippen molar-refractivity contribution in [2.45, 2.75) is 12.8 Å². The fourth-order valence-electron chi connectivity index (χ4n) is 1.57. The molecule has 1 amide bonds. The number of halogens is 1. The van der Waals surface area contributed by atoms with Crippen molar-refractivity contribution in [2.75, 3.05) is 13.1 Å². The van der Waals surface area contributed by atoms with E-state index in [-0.39, 0.29) is 6.09 Å². The molecule has 0 saturated carbocycles. The van der Waals surface area contributed by atoms with E-state index in [1.807, 2.05) is 24.3 Å². The first kappa shape index (κ1) is 10.7. The lowest BCUT2D eigenvalue weighted by atomic mass is 10.3. The summed E-state index contributed by atoms with van der Waals surface area (Å²) in [6, 6.07) is 7.48. The number of hydrogen-bond donors (Lipinski definition) is 0. The number of rotatable bonds is 1. The van der Waals surface area contributed by atoms with E-state index in [1.165, 1.54) is 0 Å². The summed E-state index contributed by atoms with van der Waals surface area (Å²) in [5.74, 6) is 0.618. The van der Waals surface area contributed by atoms with Gasteiger partial charge in [-0.25, -0.2) is 4.79 Å². The van der Waals surface area contributed by atoms with Gasteiger partial charge in [-0.1, -0.05) is 0 Å². The molecule has 1 aliphatic heterocycles. The second kappa shape index (κ2) is 4.83. The Morgan fingerprint density at radius 1 is 1.20 bits per heavy atom. The van der Waals surface area contributed by atoms with Crippen LogP contribution in [0.4, 0.5) is 4.79 Å². The minimum Gasteiger partial charge on any atom is -0.410 e. The summed E-state index contributed by atoms with van der Waals surface area (Å²) in [5.41, 5.74) is 0. The molecule has 3 nitrogen and oxygen atoms in total. The molecule has 4 heteroatoms. The van der Waals surface area contributed by atoms with Gasteiger partial charge in [0.2, 0.25) is 0 Å². The third-order valence-electron chi connectivity index (χ3n) is 2.38. The van der Waals surface area contributed by atoms with Crippen LogP contribution in [-0.2, 0) is 0 Å². The minimum atomic E-state index is -0.228. The maximum absolute atomic E-state index is 11.6. The summed E-state index contributed by atoms with van der Waals surface area (Å²) >= 11 is 2.22. The van der Waals surface area contributed by atoms with Crippen molar-refractivity contribution < 1.29 is 9.53 Å². The number of carbonyl (C=O) groups is 1. The summed E-state index contributed by atoms with van der Waals surface area (Å²) in [5, 5.41) is 0. The standard InChI is InChI=1S/C11H12INO2/c12-9-3-5-10(6-4-9)15-11(14)13-7-1-2-8-13/h3-6H,1-2,7-8H2. The van der Waals surface area contributed by atoms with Crippen LogP contribution in [0.2, 0.25) is 0 Å². The molecule has 1 saturated heterocycles. The van der Waals surface area contributed by atoms with Crippen LogP contribution in [0, 0.1) is 3.57 Å². The molecule has 2 rings (SSSR count). The fraction of sp³-hybridized carbons (Fsp3) is 0.364. The monoisotopic (exact) mass is 317 g/mol. The Labute approximate surface area is 103 Å². The van der Waals surface area contributed by atoms with Crippen molar-refractivity contribution in [2.24, 2.45) is 0 Å². The largest absolute Gasteiger partial charge is 0.415 e. The average Bonchev–Trinajstić information content (AvgIpc) is 2.74. The number of ether oxygens (including phenoxy) is 1. The summed E-state index contributed by atoms with van der Waals surface area (Å²) in [7, 11) is 0. The van der Waals surface area contributed by atoms with E-state index < -0.39 is 0 Å². The van der Waals surface area contributed by atoms with Crippen molar-refractivity contribution in [1.82, 2.24) is 4.90 Å². The van der Waals surface area contributed by atoms with Gasteiger partial charge in [-0.2, -0.15) is 0 Å². The van der Waals surface area contributed by atoms with Gasteiger partial charge in [0.15, 0.2) is 0 Å². The Hall–Kier alpha value is -0.780. The normalized spacial score (nSPS) is 15.4. The molecule has 1 heterocycles. The van der Waals surface area contributed by atoms with Gasteiger partial charge in [0, 0.05) is 16.7 Å². The highest BCUT2D eigenvalue weighted by molar-refractivity contribution is 14.1. The Kier molecular flexibility index (Phi) is 3.45. The SMILES string of the molecule is O=C(Oc1ccc(I)cc1)N1CCCC1. The maximum atomic E-state index is 11.6. The van der Waals surface area contributed by atoms with Crippen molar-refractivity contribution in [3.63, 3.8) is 0 Å². The van der Waals surface area contributed by atoms with Crippen LogP contribution in [0.25, 0.3) is 0 Å². The number of nitrogens with zero attached hydrogens (tertiary/aromatic N) is 1. The van der Waals surface area contributed by atoms with Crippen molar-refractivity contribution in [3.8, 4) is 5.75 Å². The first-order chi connectivity index (χ1) is 7.25. The molecule has 0 bridgehead atoms. The second-order valence-electron chi connectivity index (χ2n) is 3.52. The molecule has 1 aliphatic rings. The van der Waals surface area contributed by atoms with Crippen LogP contribution >= 0.6 is 22.6 Å². The summed E-state index contributed by atoms with van der Waals surface area (Å²) in [6.45, 7) is 1.65. The van der Waals surface area contributed by atoms with Gasteiger partial charge >= 0.3 is 6.09 Å². The number of amides is 1. The molecule has 0 unspecified atom stereocenters. The minimum absolute atomic E-state index is 0.228. The summed E-state index contributed by atoms with van der Waals surface area (Å²) in [6.07, 6.45) is 1.94. The Bertz CT molecular complexity index is 344. The highest BCUT2D eigenvalue weighted by atomic mass is 127. The molecule has 0 radical (unpaired) electrons. The lowest BCUT2D eigenvalue weighted by Crippen LogP contribution is -2.30. The second-order valence-corrected chi connectivity index (χ2v) is 4.76. The molecule has 1 aromatic carbocycles. The highest BCUT2D eigenvalue weighted by Crippen LogP contribution is 2.16. The Balaban J connectivity index is 1.96.